The van der Waals surface area contributed by atoms with Gasteiger partial charge in [0.15, 0.2) is 0 Å². The average Bonchev–Trinajstić information content (AvgIpc) is 2.65. The Kier molecular flexibility index (Phi) is 4.50. The van der Waals surface area contributed by atoms with Crippen LogP contribution in [0.5, 0.6) is 0 Å². The first-order chi connectivity index (χ1) is 8.52. The molecule has 1 saturated carbocycles. The van der Waals surface area contributed by atoms with E-state index in [0.717, 1.165) is 17.8 Å². The minimum absolute atomic E-state index is 0.567. The van der Waals surface area contributed by atoms with Gasteiger partial charge in [-0.05, 0) is 63.1 Å². The fourth-order valence-electron chi connectivity index (χ4n) is 3.26. The molecule has 4 atom stereocenters. The van der Waals surface area contributed by atoms with Crippen LogP contribution in [-0.2, 0) is 0 Å². The predicted molar refractivity (Wildman–Crippen MR) is 81.3 cm³/mol. The van der Waals surface area contributed by atoms with Crippen molar-refractivity contribution in [3.63, 3.8) is 0 Å². The summed E-state index contributed by atoms with van der Waals surface area (Å²) >= 11 is 1.98. The maximum Gasteiger partial charge on any atom is 0.0441 e. The Bertz CT molecular complexity index is 376. The van der Waals surface area contributed by atoms with Crippen LogP contribution in [0.2, 0.25) is 0 Å². The van der Waals surface area contributed by atoms with Gasteiger partial charge in [0.25, 0.3) is 0 Å². The first-order valence-electron chi connectivity index (χ1n) is 7.27. The Morgan fingerprint density at radius 1 is 1.22 bits per heavy atom. The molecule has 1 N–H and O–H groups in total. The van der Waals surface area contributed by atoms with Crippen molar-refractivity contribution in [1.82, 2.24) is 5.32 Å². The van der Waals surface area contributed by atoms with Crippen LogP contribution in [0.25, 0.3) is 0 Å². The molecule has 18 heavy (non-hydrogen) atoms. The van der Waals surface area contributed by atoms with Crippen molar-refractivity contribution in [2.45, 2.75) is 53.0 Å². The summed E-state index contributed by atoms with van der Waals surface area (Å²) in [6, 6.07) is 2.96. The second-order valence-corrected chi connectivity index (χ2v) is 7.47. The molecule has 0 aliphatic heterocycles. The van der Waals surface area contributed by atoms with E-state index in [1.54, 1.807) is 4.88 Å². The topological polar surface area (TPSA) is 12.0 Å². The molecule has 0 spiro atoms. The van der Waals surface area contributed by atoms with Crippen molar-refractivity contribution < 1.29 is 0 Å². The van der Waals surface area contributed by atoms with Crippen LogP contribution >= 0.6 is 11.3 Å². The fourth-order valence-corrected chi connectivity index (χ4v) is 4.50. The Balaban J connectivity index is 2.13. The van der Waals surface area contributed by atoms with Crippen molar-refractivity contribution in [2.24, 2.45) is 17.8 Å². The van der Waals surface area contributed by atoms with E-state index in [9.17, 15) is 0 Å². The molecule has 2 heteroatoms. The predicted octanol–water partition coefficient (Wildman–Crippen LogP) is 4.70. The van der Waals surface area contributed by atoms with E-state index in [1.165, 1.54) is 29.7 Å². The normalized spacial score (nSPS) is 30.4. The molecule has 1 nitrogen and oxygen atoms in total. The van der Waals surface area contributed by atoms with Gasteiger partial charge in [0.1, 0.15) is 0 Å². The van der Waals surface area contributed by atoms with Gasteiger partial charge in [-0.25, -0.2) is 0 Å². The highest BCUT2D eigenvalue weighted by molar-refractivity contribution is 7.12. The number of hydrogen-bond donors (Lipinski definition) is 1. The monoisotopic (exact) mass is 265 g/mol. The van der Waals surface area contributed by atoms with E-state index in [1.807, 2.05) is 11.3 Å². The lowest BCUT2D eigenvalue weighted by Gasteiger charge is -2.36. The average molecular weight is 265 g/mol. The summed E-state index contributed by atoms with van der Waals surface area (Å²) < 4.78 is 0. The summed E-state index contributed by atoms with van der Waals surface area (Å²) in [6.45, 7) is 9.30. The zero-order valence-corrected chi connectivity index (χ0v) is 13.2. The zero-order chi connectivity index (χ0) is 13.3. The van der Waals surface area contributed by atoms with Crippen molar-refractivity contribution in [3.8, 4) is 0 Å². The maximum atomic E-state index is 3.57. The summed E-state index contributed by atoms with van der Waals surface area (Å²) in [5.74, 6) is 2.60. The number of hydrogen-bond acceptors (Lipinski definition) is 2. The van der Waals surface area contributed by atoms with Gasteiger partial charge in [0, 0.05) is 15.8 Å². The van der Waals surface area contributed by atoms with Crippen LogP contribution in [-0.4, -0.2) is 7.05 Å². The van der Waals surface area contributed by atoms with Gasteiger partial charge >= 0.3 is 0 Å². The van der Waals surface area contributed by atoms with Gasteiger partial charge in [-0.2, -0.15) is 0 Å². The molecule has 1 fully saturated rings. The van der Waals surface area contributed by atoms with Crippen LogP contribution in [0.15, 0.2) is 6.07 Å². The van der Waals surface area contributed by atoms with Crippen LogP contribution in [0.4, 0.5) is 0 Å². The second-order valence-electron chi connectivity index (χ2n) is 6.18. The van der Waals surface area contributed by atoms with E-state index in [4.69, 9.17) is 0 Å². The third kappa shape index (κ3) is 2.80. The van der Waals surface area contributed by atoms with E-state index >= 15 is 0 Å². The minimum Gasteiger partial charge on any atom is -0.312 e. The lowest BCUT2D eigenvalue weighted by molar-refractivity contribution is 0.176. The quantitative estimate of drug-likeness (QED) is 0.835. The largest absolute Gasteiger partial charge is 0.312 e. The van der Waals surface area contributed by atoms with Gasteiger partial charge < -0.3 is 5.32 Å². The van der Waals surface area contributed by atoms with Crippen LogP contribution in [0.3, 0.4) is 0 Å². The number of nitrogens with one attached hydrogen (secondary N) is 1. The highest BCUT2D eigenvalue weighted by Crippen LogP contribution is 2.41. The molecule has 0 radical (unpaired) electrons. The molecule has 0 aromatic carbocycles. The number of rotatable bonds is 3. The third-order valence-corrected chi connectivity index (χ3v) is 6.15. The van der Waals surface area contributed by atoms with Crippen molar-refractivity contribution in [3.05, 3.63) is 21.4 Å². The summed E-state index contributed by atoms with van der Waals surface area (Å²) in [6.07, 6.45) is 4.16. The molecule has 0 amide bonds. The van der Waals surface area contributed by atoms with Crippen molar-refractivity contribution in [1.29, 1.82) is 0 Å². The standard InChI is InChI=1S/C16H27NS/c1-10-6-7-14(8-11(10)2)16(17-5)15-9-12(3)13(4)18-15/h9-11,14,16-17H,6-8H2,1-5H3. The Hall–Kier alpha value is -0.340. The van der Waals surface area contributed by atoms with Crippen LogP contribution in [0, 0.1) is 31.6 Å². The number of aryl methyl sites for hydroxylation is 2. The molecule has 1 aliphatic rings. The Morgan fingerprint density at radius 2 is 1.94 bits per heavy atom. The van der Waals surface area contributed by atoms with Crippen LogP contribution in [0.1, 0.15) is 54.5 Å². The first kappa shape index (κ1) is 14.1. The lowest BCUT2D eigenvalue weighted by atomic mass is 9.73. The molecular formula is C16H27NS. The van der Waals surface area contributed by atoms with E-state index in [-0.39, 0.29) is 0 Å². The van der Waals surface area contributed by atoms with Gasteiger partial charge in [-0.3, -0.25) is 0 Å². The van der Waals surface area contributed by atoms with Crippen LogP contribution < -0.4 is 5.32 Å². The van der Waals surface area contributed by atoms with E-state index in [0.29, 0.717) is 6.04 Å². The van der Waals surface area contributed by atoms with Gasteiger partial charge in [0.05, 0.1) is 0 Å². The van der Waals surface area contributed by atoms with E-state index < -0.39 is 0 Å². The molecule has 0 saturated heterocycles. The van der Waals surface area contributed by atoms with Gasteiger partial charge in [0.2, 0.25) is 0 Å². The van der Waals surface area contributed by atoms with E-state index in [2.05, 4.69) is 46.1 Å². The highest BCUT2D eigenvalue weighted by Gasteiger charge is 2.31. The lowest BCUT2D eigenvalue weighted by Crippen LogP contribution is -2.31. The molecular weight excluding hydrogens is 238 g/mol. The molecule has 1 aromatic rings. The second kappa shape index (κ2) is 5.75. The molecule has 102 valence electrons. The molecule has 1 aromatic heterocycles. The molecule has 4 unspecified atom stereocenters. The van der Waals surface area contributed by atoms with Crippen molar-refractivity contribution >= 4 is 11.3 Å². The maximum absolute atomic E-state index is 3.57. The Morgan fingerprint density at radius 3 is 2.44 bits per heavy atom. The highest BCUT2D eigenvalue weighted by atomic mass is 32.1. The Labute approximate surface area is 116 Å². The first-order valence-corrected chi connectivity index (χ1v) is 8.08. The molecule has 1 heterocycles. The summed E-state index contributed by atoms with van der Waals surface area (Å²) in [7, 11) is 2.12. The molecule has 0 bridgehead atoms. The fraction of sp³-hybridized carbons (Fsp3) is 0.750. The number of thiophene rings is 1. The summed E-state index contributed by atoms with van der Waals surface area (Å²) in [5, 5.41) is 3.57. The molecule has 2 rings (SSSR count). The molecule has 1 aliphatic carbocycles. The summed E-state index contributed by atoms with van der Waals surface area (Å²) in [5.41, 5.74) is 1.45. The summed E-state index contributed by atoms with van der Waals surface area (Å²) in [4.78, 5) is 3.02. The minimum atomic E-state index is 0.567. The van der Waals surface area contributed by atoms with Gasteiger partial charge in [-0.1, -0.05) is 20.3 Å². The third-order valence-electron chi connectivity index (χ3n) is 4.91. The zero-order valence-electron chi connectivity index (χ0n) is 12.4. The smallest absolute Gasteiger partial charge is 0.0441 e. The van der Waals surface area contributed by atoms with Gasteiger partial charge in [-0.15, -0.1) is 11.3 Å². The SMILES string of the molecule is CNC(c1cc(C)c(C)s1)C1CCC(C)C(C)C1. The van der Waals surface area contributed by atoms with Crippen molar-refractivity contribution in [2.75, 3.05) is 7.05 Å².